The van der Waals surface area contributed by atoms with Crippen LogP contribution in [0.1, 0.15) is 67.4 Å². The molecule has 0 spiro atoms. The summed E-state index contributed by atoms with van der Waals surface area (Å²) in [5.41, 5.74) is 4.67. The standard InChI is InChI=1S/C34H44N2O7.Na/c1-7-21-19-35-10-8-22-15-29(40-3)31(42-5)17-25(22)27(35)13-24(21)14-28-26-18-32(43-6)30(41-4)16-23(26)9-11-36(28)33(37)12-20(2)34(38)39;/h12,15-18,21,24,27-28H,7-11,13-14,19H2,1-6H3,(H,38,39);/q;+1/p-1/b20-12-;/t21-,24+,27-,28-;/m0./s1. The number of hydrogen-bond acceptors (Lipinski definition) is 8. The molecule has 232 valence electrons. The van der Waals surface area contributed by atoms with Crippen molar-refractivity contribution in [3.8, 4) is 23.0 Å². The van der Waals surface area contributed by atoms with E-state index in [0.717, 1.165) is 61.4 Å². The van der Waals surface area contributed by atoms with Crippen LogP contribution in [0.25, 0.3) is 0 Å². The van der Waals surface area contributed by atoms with Crippen LogP contribution >= 0.6 is 0 Å². The van der Waals surface area contributed by atoms with E-state index in [1.807, 2.05) is 17.0 Å². The van der Waals surface area contributed by atoms with Gasteiger partial charge in [-0.2, -0.15) is 0 Å². The first-order valence-corrected chi connectivity index (χ1v) is 15.2. The molecule has 1 amide bonds. The predicted molar refractivity (Wildman–Crippen MR) is 161 cm³/mol. The summed E-state index contributed by atoms with van der Waals surface area (Å²) < 4.78 is 22.5. The summed E-state index contributed by atoms with van der Waals surface area (Å²) in [6.07, 6.45) is 5.57. The quantitative estimate of drug-likeness (QED) is 0.303. The van der Waals surface area contributed by atoms with Crippen molar-refractivity contribution in [3.05, 3.63) is 58.2 Å². The molecule has 0 N–H and O–H groups in total. The third-order valence-corrected chi connectivity index (χ3v) is 9.77. The molecule has 4 atom stereocenters. The summed E-state index contributed by atoms with van der Waals surface area (Å²) in [5.74, 6) is 1.92. The summed E-state index contributed by atoms with van der Waals surface area (Å²) >= 11 is 0. The second-order valence-electron chi connectivity index (χ2n) is 11.9. The molecule has 0 radical (unpaired) electrons. The average Bonchev–Trinajstić information content (AvgIpc) is 3.02. The molecule has 3 aliphatic rings. The van der Waals surface area contributed by atoms with E-state index in [-0.39, 0.29) is 53.1 Å². The maximum absolute atomic E-state index is 13.6. The van der Waals surface area contributed by atoms with Crippen LogP contribution in [0.4, 0.5) is 0 Å². The number of ether oxygens (including phenoxy) is 4. The summed E-state index contributed by atoms with van der Waals surface area (Å²) in [5, 5.41) is 11.5. The number of rotatable bonds is 9. The Bertz CT molecular complexity index is 1410. The Morgan fingerprint density at radius 3 is 1.98 bits per heavy atom. The molecule has 1 saturated heterocycles. The molecular weight excluding hydrogens is 571 g/mol. The van der Waals surface area contributed by atoms with Gasteiger partial charge in [0.05, 0.1) is 40.5 Å². The van der Waals surface area contributed by atoms with E-state index in [1.165, 1.54) is 24.1 Å². The molecule has 44 heavy (non-hydrogen) atoms. The van der Waals surface area contributed by atoms with Crippen molar-refractivity contribution >= 4 is 11.9 Å². The molecule has 5 rings (SSSR count). The van der Waals surface area contributed by atoms with Crippen LogP contribution in [0.3, 0.4) is 0 Å². The van der Waals surface area contributed by atoms with E-state index >= 15 is 0 Å². The fourth-order valence-corrected chi connectivity index (χ4v) is 7.42. The number of hydrogen-bond donors (Lipinski definition) is 0. The maximum atomic E-state index is 13.6. The van der Waals surface area contributed by atoms with Gasteiger partial charge in [-0.1, -0.05) is 13.3 Å². The Hall–Kier alpha value is -2.72. The Balaban J connectivity index is 0.00000442. The molecule has 2 aromatic carbocycles. The first kappa shape index (κ1) is 34.2. The number of nitrogens with zero attached hydrogens (tertiary/aromatic N) is 2. The van der Waals surface area contributed by atoms with Gasteiger partial charge in [-0.05, 0) is 96.5 Å². The third kappa shape index (κ3) is 6.62. The molecule has 0 aliphatic carbocycles. The van der Waals surface area contributed by atoms with Crippen molar-refractivity contribution in [2.24, 2.45) is 11.8 Å². The second-order valence-corrected chi connectivity index (χ2v) is 11.9. The second kappa shape index (κ2) is 14.6. The molecule has 9 nitrogen and oxygen atoms in total. The number of aliphatic carboxylic acids is 1. The fourth-order valence-electron chi connectivity index (χ4n) is 7.42. The van der Waals surface area contributed by atoms with Crippen molar-refractivity contribution in [1.82, 2.24) is 9.80 Å². The molecule has 3 heterocycles. The number of carbonyl (C=O) groups excluding carboxylic acids is 2. The van der Waals surface area contributed by atoms with Gasteiger partial charge in [0.25, 0.3) is 0 Å². The zero-order valence-corrected chi connectivity index (χ0v) is 29.1. The van der Waals surface area contributed by atoms with Gasteiger partial charge in [-0.3, -0.25) is 9.69 Å². The maximum Gasteiger partial charge on any atom is 1.00 e. The number of amides is 1. The molecule has 0 unspecified atom stereocenters. The number of carbonyl (C=O) groups is 2. The van der Waals surface area contributed by atoms with E-state index in [4.69, 9.17) is 18.9 Å². The Morgan fingerprint density at radius 2 is 1.41 bits per heavy atom. The van der Waals surface area contributed by atoms with Crippen LogP contribution in [0.15, 0.2) is 35.9 Å². The van der Waals surface area contributed by atoms with Crippen LogP contribution in [0.2, 0.25) is 0 Å². The van der Waals surface area contributed by atoms with Crippen molar-refractivity contribution in [3.63, 3.8) is 0 Å². The van der Waals surface area contributed by atoms with Gasteiger partial charge in [-0.15, -0.1) is 0 Å². The summed E-state index contributed by atoms with van der Waals surface area (Å²) in [6.45, 7) is 6.13. The van der Waals surface area contributed by atoms with E-state index in [2.05, 4.69) is 24.0 Å². The Labute approximate surface area is 282 Å². The molecule has 0 bridgehead atoms. The minimum atomic E-state index is -1.34. The Morgan fingerprint density at radius 1 is 0.864 bits per heavy atom. The van der Waals surface area contributed by atoms with Gasteiger partial charge in [0.15, 0.2) is 23.0 Å². The van der Waals surface area contributed by atoms with Crippen LogP contribution in [0, 0.1) is 11.8 Å². The first-order valence-electron chi connectivity index (χ1n) is 15.2. The smallest absolute Gasteiger partial charge is 0.545 e. The van der Waals surface area contributed by atoms with Crippen molar-refractivity contribution in [1.29, 1.82) is 0 Å². The fraction of sp³-hybridized carbons (Fsp3) is 0.529. The van der Waals surface area contributed by atoms with Gasteiger partial charge in [0.1, 0.15) is 0 Å². The third-order valence-electron chi connectivity index (χ3n) is 9.77. The van der Waals surface area contributed by atoms with Crippen molar-refractivity contribution in [2.75, 3.05) is 48.1 Å². The number of benzene rings is 2. The van der Waals surface area contributed by atoms with Crippen LogP contribution in [0.5, 0.6) is 23.0 Å². The molecule has 2 aromatic rings. The van der Waals surface area contributed by atoms with E-state index < -0.39 is 5.97 Å². The number of carboxylic acid groups (broad SMARTS) is 1. The molecule has 1 fully saturated rings. The SMILES string of the molecule is CC[C@H]1CN2CCc3cc(OC)c(OC)cc3[C@@H]2C[C@@H]1C[C@H]1c2cc(OC)c(OC)cc2CCN1C(=O)/C=C(/C)C(=O)[O-].[Na+]. The van der Waals surface area contributed by atoms with Gasteiger partial charge in [0, 0.05) is 31.8 Å². The van der Waals surface area contributed by atoms with Crippen LogP contribution in [-0.2, 0) is 22.4 Å². The average molecular weight is 615 g/mol. The molecular formula is C34H43N2NaO7. The molecule has 0 aromatic heterocycles. The van der Waals surface area contributed by atoms with Gasteiger partial charge >= 0.3 is 29.6 Å². The van der Waals surface area contributed by atoms with E-state index in [0.29, 0.717) is 36.3 Å². The van der Waals surface area contributed by atoms with Crippen molar-refractivity contribution in [2.45, 2.75) is 58.0 Å². The summed E-state index contributed by atoms with van der Waals surface area (Å²) in [7, 11) is 6.59. The van der Waals surface area contributed by atoms with E-state index in [9.17, 15) is 14.7 Å². The van der Waals surface area contributed by atoms with Crippen molar-refractivity contribution < 1.29 is 63.2 Å². The number of methoxy groups -OCH3 is 4. The molecule has 3 aliphatic heterocycles. The summed E-state index contributed by atoms with van der Waals surface area (Å²) in [6, 6.07) is 8.29. The Kier molecular flexibility index (Phi) is 11.3. The number of carboxylic acids is 1. The van der Waals surface area contributed by atoms with Gasteiger partial charge in [0.2, 0.25) is 5.91 Å². The zero-order valence-electron chi connectivity index (χ0n) is 27.1. The predicted octanol–water partition coefficient (Wildman–Crippen LogP) is 0.883. The minimum absolute atomic E-state index is 0. The number of piperidine rings is 1. The number of fused-ring (bicyclic) bond motifs is 4. The normalized spacial score (nSPS) is 23.0. The zero-order chi connectivity index (χ0) is 30.8. The van der Waals surface area contributed by atoms with Crippen LogP contribution in [-0.4, -0.2) is 69.7 Å². The van der Waals surface area contributed by atoms with E-state index in [1.54, 1.807) is 28.4 Å². The van der Waals surface area contributed by atoms with Gasteiger partial charge < -0.3 is 33.7 Å². The molecule has 0 saturated carbocycles. The van der Waals surface area contributed by atoms with Gasteiger partial charge in [-0.25, -0.2) is 0 Å². The minimum Gasteiger partial charge on any atom is -0.545 e. The monoisotopic (exact) mass is 614 g/mol. The topological polar surface area (TPSA) is 101 Å². The molecule has 10 heteroatoms. The van der Waals surface area contributed by atoms with Crippen LogP contribution < -0.4 is 53.6 Å². The first-order chi connectivity index (χ1) is 20.7. The summed E-state index contributed by atoms with van der Waals surface area (Å²) in [4.78, 5) is 29.5. The largest absolute Gasteiger partial charge is 1.00 e.